The van der Waals surface area contributed by atoms with Gasteiger partial charge in [0.2, 0.25) is 0 Å². The van der Waals surface area contributed by atoms with Crippen LogP contribution in [0.5, 0.6) is 5.75 Å². The number of hydrogen-bond donors (Lipinski definition) is 1. The minimum Gasteiger partial charge on any atom is -0.492 e. The lowest BCUT2D eigenvalue weighted by Gasteiger charge is -2.14. The third-order valence-electron chi connectivity index (χ3n) is 3.34. The molecule has 2 N–H and O–H groups in total. The molecular weight excluding hydrogens is 248 g/mol. The smallest absolute Gasteiger partial charge is 0.137 e. The van der Waals surface area contributed by atoms with Crippen LogP contribution in [0, 0.1) is 6.92 Å². The molecule has 20 heavy (non-hydrogen) atoms. The molecule has 0 aliphatic carbocycles. The maximum Gasteiger partial charge on any atom is 0.137 e. The van der Waals surface area contributed by atoms with Crippen molar-refractivity contribution in [1.29, 1.82) is 0 Å². The predicted molar refractivity (Wildman–Crippen MR) is 81.8 cm³/mol. The van der Waals surface area contributed by atoms with Crippen LogP contribution in [-0.2, 0) is 6.42 Å². The van der Waals surface area contributed by atoms with Crippen molar-refractivity contribution >= 4 is 0 Å². The third-order valence-corrected chi connectivity index (χ3v) is 3.34. The Balaban J connectivity index is 2.09. The summed E-state index contributed by atoms with van der Waals surface area (Å²) in [6.07, 6.45) is 5.35. The van der Waals surface area contributed by atoms with Crippen molar-refractivity contribution in [2.45, 2.75) is 32.7 Å². The largest absolute Gasteiger partial charge is 0.492 e. The van der Waals surface area contributed by atoms with E-state index in [1.165, 1.54) is 11.1 Å². The first-order valence-electron chi connectivity index (χ1n) is 7.08. The molecular formula is C17H22N2O. The minimum absolute atomic E-state index is 0.0613. The zero-order valence-corrected chi connectivity index (χ0v) is 12.2. The van der Waals surface area contributed by atoms with E-state index in [0.717, 1.165) is 24.2 Å². The van der Waals surface area contributed by atoms with Gasteiger partial charge in [-0.25, -0.2) is 0 Å². The third kappa shape index (κ3) is 3.81. The Bertz CT molecular complexity index is 554. The summed E-state index contributed by atoms with van der Waals surface area (Å²) in [6.45, 7) is 4.90. The maximum atomic E-state index is 6.30. The Hall–Kier alpha value is -1.87. The summed E-state index contributed by atoms with van der Waals surface area (Å²) in [6, 6.07) is 10.3. The Morgan fingerprint density at radius 1 is 1.25 bits per heavy atom. The molecule has 1 atom stereocenters. The molecule has 0 aliphatic rings. The fourth-order valence-corrected chi connectivity index (χ4v) is 2.13. The average Bonchev–Trinajstić information content (AvgIpc) is 2.48. The fraction of sp³-hybridized carbons (Fsp3) is 0.353. The summed E-state index contributed by atoms with van der Waals surface area (Å²) < 4.78 is 5.60. The lowest BCUT2D eigenvalue weighted by atomic mass is 9.98. The molecule has 3 heteroatoms. The van der Waals surface area contributed by atoms with E-state index in [1.807, 2.05) is 24.4 Å². The average molecular weight is 270 g/mol. The normalized spacial score (nSPS) is 12.2. The van der Waals surface area contributed by atoms with E-state index in [4.69, 9.17) is 10.5 Å². The van der Waals surface area contributed by atoms with Crippen LogP contribution in [0.3, 0.4) is 0 Å². The quantitative estimate of drug-likeness (QED) is 0.875. The number of rotatable bonds is 6. The van der Waals surface area contributed by atoms with Crippen molar-refractivity contribution < 1.29 is 4.74 Å². The van der Waals surface area contributed by atoms with Gasteiger partial charge < -0.3 is 10.5 Å². The topological polar surface area (TPSA) is 48.1 Å². The van der Waals surface area contributed by atoms with Crippen LogP contribution >= 0.6 is 0 Å². The second-order valence-corrected chi connectivity index (χ2v) is 5.04. The molecule has 106 valence electrons. The van der Waals surface area contributed by atoms with Crippen LogP contribution in [0.4, 0.5) is 0 Å². The van der Waals surface area contributed by atoms with E-state index in [2.05, 4.69) is 31.0 Å². The van der Waals surface area contributed by atoms with Gasteiger partial charge in [0.25, 0.3) is 0 Å². The molecule has 1 aromatic heterocycles. The number of benzene rings is 1. The molecule has 0 radical (unpaired) electrons. The molecule has 2 rings (SSSR count). The Morgan fingerprint density at radius 2 is 2.05 bits per heavy atom. The fourth-order valence-electron chi connectivity index (χ4n) is 2.13. The Kier molecular flexibility index (Phi) is 5.13. The molecule has 1 heterocycles. The van der Waals surface area contributed by atoms with Gasteiger partial charge in [-0.15, -0.1) is 0 Å². The highest BCUT2D eigenvalue weighted by molar-refractivity contribution is 5.30. The molecule has 1 unspecified atom stereocenters. The van der Waals surface area contributed by atoms with Gasteiger partial charge in [0.1, 0.15) is 5.75 Å². The van der Waals surface area contributed by atoms with Crippen LogP contribution in [-0.4, -0.2) is 11.6 Å². The van der Waals surface area contributed by atoms with Crippen molar-refractivity contribution in [3.8, 4) is 5.75 Å². The van der Waals surface area contributed by atoms with Gasteiger partial charge in [0, 0.05) is 12.2 Å². The molecule has 0 amide bonds. The molecule has 0 saturated heterocycles. The van der Waals surface area contributed by atoms with E-state index in [-0.39, 0.29) is 6.04 Å². The maximum absolute atomic E-state index is 6.30. The number of pyridine rings is 1. The van der Waals surface area contributed by atoms with Gasteiger partial charge in [0.15, 0.2) is 0 Å². The Labute approximate surface area is 120 Å². The van der Waals surface area contributed by atoms with E-state index in [9.17, 15) is 0 Å². The number of ether oxygens (including phenoxy) is 1. The van der Waals surface area contributed by atoms with E-state index < -0.39 is 0 Å². The summed E-state index contributed by atoms with van der Waals surface area (Å²) >= 11 is 0. The monoisotopic (exact) mass is 270 g/mol. The van der Waals surface area contributed by atoms with Gasteiger partial charge in [0.05, 0.1) is 12.8 Å². The van der Waals surface area contributed by atoms with Crippen LogP contribution in [0.2, 0.25) is 0 Å². The molecule has 0 bridgehead atoms. The summed E-state index contributed by atoms with van der Waals surface area (Å²) in [5, 5.41) is 0. The second kappa shape index (κ2) is 7.06. The lowest BCUT2D eigenvalue weighted by molar-refractivity contribution is 0.315. The zero-order chi connectivity index (χ0) is 14.4. The zero-order valence-electron chi connectivity index (χ0n) is 12.2. The molecule has 0 saturated carbocycles. The minimum atomic E-state index is -0.0613. The van der Waals surface area contributed by atoms with E-state index in [0.29, 0.717) is 6.61 Å². The molecule has 3 nitrogen and oxygen atoms in total. The first kappa shape index (κ1) is 14.5. The lowest BCUT2D eigenvalue weighted by Crippen LogP contribution is -2.14. The molecule has 0 aliphatic heterocycles. The van der Waals surface area contributed by atoms with Crippen molar-refractivity contribution in [2.75, 3.05) is 6.61 Å². The molecule has 2 aromatic rings. The van der Waals surface area contributed by atoms with E-state index in [1.54, 1.807) is 6.20 Å². The van der Waals surface area contributed by atoms with Gasteiger partial charge in [-0.05, 0) is 42.5 Å². The van der Waals surface area contributed by atoms with E-state index >= 15 is 0 Å². The highest BCUT2D eigenvalue weighted by Gasteiger charge is 2.10. The first-order valence-corrected chi connectivity index (χ1v) is 7.08. The van der Waals surface area contributed by atoms with Crippen molar-refractivity contribution in [1.82, 2.24) is 4.98 Å². The number of nitrogens with two attached hydrogens (primary N) is 1. The van der Waals surface area contributed by atoms with Crippen LogP contribution in [0.25, 0.3) is 0 Å². The SMILES string of the molecule is CCCOc1cncc(C(N)Cc2ccccc2C)c1. The number of aryl methyl sites for hydroxylation is 1. The predicted octanol–water partition coefficient (Wildman–Crippen LogP) is 3.42. The van der Waals surface area contributed by atoms with Gasteiger partial charge >= 0.3 is 0 Å². The standard InChI is InChI=1S/C17H22N2O/c1-3-8-20-16-9-15(11-19-12-16)17(18)10-14-7-5-4-6-13(14)2/h4-7,9,11-12,17H,3,8,10,18H2,1-2H3. The van der Waals surface area contributed by atoms with Crippen LogP contribution in [0.1, 0.15) is 36.1 Å². The number of nitrogens with zero attached hydrogens (tertiary/aromatic N) is 1. The van der Waals surface area contributed by atoms with Gasteiger partial charge in [-0.1, -0.05) is 31.2 Å². The summed E-state index contributed by atoms with van der Waals surface area (Å²) in [7, 11) is 0. The Morgan fingerprint density at radius 3 is 2.80 bits per heavy atom. The van der Waals surface area contributed by atoms with Crippen molar-refractivity contribution in [2.24, 2.45) is 5.73 Å². The first-order chi connectivity index (χ1) is 9.70. The second-order valence-electron chi connectivity index (χ2n) is 5.04. The van der Waals surface area contributed by atoms with Crippen molar-refractivity contribution in [3.05, 3.63) is 59.4 Å². The highest BCUT2D eigenvalue weighted by atomic mass is 16.5. The summed E-state index contributed by atoms with van der Waals surface area (Å²) in [5.41, 5.74) is 9.86. The summed E-state index contributed by atoms with van der Waals surface area (Å²) in [4.78, 5) is 4.22. The number of hydrogen-bond acceptors (Lipinski definition) is 3. The van der Waals surface area contributed by atoms with Crippen molar-refractivity contribution in [3.63, 3.8) is 0 Å². The molecule has 1 aromatic carbocycles. The van der Waals surface area contributed by atoms with Crippen LogP contribution in [0.15, 0.2) is 42.7 Å². The van der Waals surface area contributed by atoms with Gasteiger partial charge in [-0.3, -0.25) is 4.98 Å². The number of aromatic nitrogens is 1. The highest BCUT2D eigenvalue weighted by Crippen LogP contribution is 2.21. The molecule has 0 spiro atoms. The van der Waals surface area contributed by atoms with Crippen LogP contribution < -0.4 is 10.5 Å². The summed E-state index contributed by atoms with van der Waals surface area (Å²) in [5.74, 6) is 0.796. The molecule has 0 fully saturated rings. The van der Waals surface area contributed by atoms with Gasteiger partial charge in [-0.2, -0.15) is 0 Å².